The summed E-state index contributed by atoms with van der Waals surface area (Å²) in [6, 6.07) is 4.88. The van der Waals surface area contributed by atoms with Crippen LogP contribution in [0.15, 0.2) is 33.0 Å². The van der Waals surface area contributed by atoms with Crippen molar-refractivity contribution in [2.24, 2.45) is 0 Å². The third-order valence-corrected chi connectivity index (χ3v) is 3.90. The van der Waals surface area contributed by atoms with Gasteiger partial charge in [-0.15, -0.1) is 5.10 Å². The second-order valence-electron chi connectivity index (χ2n) is 4.63. The number of H-pyrrole nitrogens is 1. The van der Waals surface area contributed by atoms with Gasteiger partial charge in [0.2, 0.25) is 0 Å². The van der Waals surface area contributed by atoms with Crippen LogP contribution in [0.5, 0.6) is 0 Å². The number of hydrogen-bond donors (Lipinski definition) is 2. The molecule has 0 saturated carbocycles. The van der Waals surface area contributed by atoms with E-state index in [9.17, 15) is 9.18 Å². The van der Waals surface area contributed by atoms with E-state index in [0.717, 1.165) is 23.4 Å². The first-order chi connectivity index (χ1) is 10.1. The van der Waals surface area contributed by atoms with Crippen LogP contribution in [0, 0.1) is 5.82 Å². The van der Waals surface area contributed by atoms with Crippen LogP contribution in [-0.2, 0) is 13.1 Å². The van der Waals surface area contributed by atoms with E-state index in [1.54, 1.807) is 0 Å². The minimum absolute atomic E-state index is 0.249. The molecule has 0 atom stereocenters. The maximum Gasteiger partial charge on any atom is 0.343 e. The van der Waals surface area contributed by atoms with E-state index in [2.05, 4.69) is 22.4 Å². The lowest BCUT2D eigenvalue weighted by Crippen LogP contribution is -2.16. The van der Waals surface area contributed by atoms with Crippen LogP contribution in [0.1, 0.15) is 25.8 Å². The fourth-order valence-corrected chi connectivity index (χ4v) is 2.96. The van der Waals surface area contributed by atoms with Gasteiger partial charge in [-0.05, 0) is 55.4 Å². The summed E-state index contributed by atoms with van der Waals surface area (Å²) in [6.07, 6.45) is 1.03. The monoisotopic (exact) mass is 310 g/mol. The summed E-state index contributed by atoms with van der Waals surface area (Å²) >= 11 is 1.28. The van der Waals surface area contributed by atoms with Gasteiger partial charge in [-0.1, -0.05) is 6.92 Å². The molecule has 0 aliphatic carbocycles. The van der Waals surface area contributed by atoms with Gasteiger partial charge in [-0.25, -0.2) is 14.3 Å². The van der Waals surface area contributed by atoms with Crippen LogP contribution in [0.3, 0.4) is 0 Å². The van der Waals surface area contributed by atoms with Gasteiger partial charge in [0.25, 0.3) is 0 Å². The Morgan fingerprint density at radius 3 is 2.90 bits per heavy atom. The van der Waals surface area contributed by atoms with Crippen LogP contribution in [0.25, 0.3) is 0 Å². The predicted molar refractivity (Wildman–Crippen MR) is 81.0 cm³/mol. The van der Waals surface area contributed by atoms with Crippen molar-refractivity contribution < 1.29 is 4.39 Å². The quantitative estimate of drug-likeness (QED) is 0.771. The van der Waals surface area contributed by atoms with E-state index in [1.165, 1.54) is 28.5 Å². The average molecular weight is 310 g/mol. The standard InChI is InChI=1S/C14H19FN4OS/c1-3-5-16-9-10-6-11(15)8-12(7-10)21-14-18-17-13(20)19(14)4-2/h6-8,16H,3-5,9H2,1-2H3,(H,17,20). The number of nitrogens with one attached hydrogen (secondary N) is 2. The van der Waals surface area contributed by atoms with Crippen LogP contribution in [0.4, 0.5) is 4.39 Å². The van der Waals surface area contributed by atoms with Gasteiger partial charge in [-0.3, -0.25) is 4.57 Å². The van der Waals surface area contributed by atoms with Gasteiger partial charge >= 0.3 is 5.69 Å². The molecule has 0 aliphatic rings. The summed E-state index contributed by atoms with van der Waals surface area (Å²) in [5.74, 6) is -0.283. The van der Waals surface area contributed by atoms with Crippen molar-refractivity contribution in [3.8, 4) is 0 Å². The number of halogens is 1. The highest BCUT2D eigenvalue weighted by Crippen LogP contribution is 2.26. The highest BCUT2D eigenvalue weighted by atomic mass is 32.2. The topological polar surface area (TPSA) is 62.7 Å². The largest absolute Gasteiger partial charge is 0.343 e. The molecule has 21 heavy (non-hydrogen) atoms. The molecule has 2 N–H and O–H groups in total. The maximum absolute atomic E-state index is 13.7. The van der Waals surface area contributed by atoms with Gasteiger partial charge in [-0.2, -0.15) is 0 Å². The number of rotatable bonds is 7. The van der Waals surface area contributed by atoms with Gasteiger partial charge in [0.1, 0.15) is 5.82 Å². The zero-order valence-corrected chi connectivity index (χ0v) is 13.0. The lowest BCUT2D eigenvalue weighted by Gasteiger charge is -2.07. The normalized spacial score (nSPS) is 11.0. The summed E-state index contributed by atoms with van der Waals surface area (Å²) in [4.78, 5) is 12.3. The number of benzene rings is 1. The molecular formula is C14H19FN4OS. The van der Waals surface area contributed by atoms with Crippen molar-refractivity contribution >= 4 is 11.8 Å². The fourth-order valence-electron chi connectivity index (χ4n) is 1.96. The van der Waals surface area contributed by atoms with E-state index in [-0.39, 0.29) is 11.5 Å². The molecule has 0 fully saturated rings. The minimum Gasteiger partial charge on any atom is -0.313 e. The fraction of sp³-hybridized carbons (Fsp3) is 0.429. The SMILES string of the molecule is CCCNCc1cc(F)cc(Sc2n[nH]c(=O)n2CC)c1. The lowest BCUT2D eigenvalue weighted by molar-refractivity contribution is 0.614. The number of nitrogens with zero attached hydrogens (tertiary/aromatic N) is 2. The molecule has 0 saturated heterocycles. The highest BCUT2D eigenvalue weighted by Gasteiger charge is 2.10. The van der Waals surface area contributed by atoms with Crippen LogP contribution in [0.2, 0.25) is 0 Å². The molecule has 0 radical (unpaired) electrons. The van der Waals surface area contributed by atoms with Crippen molar-refractivity contribution in [3.05, 3.63) is 40.1 Å². The second-order valence-corrected chi connectivity index (χ2v) is 5.67. The molecule has 0 spiro atoms. The third kappa shape index (κ3) is 4.18. The van der Waals surface area contributed by atoms with E-state index in [1.807, 2.05) is 13.0 Å². The molecule has 2 aromatic rings. The Kier molecular flexibility index (Phi) is 5.58. The molecule has 0 unspecified atom stereocenters. The molecule has 2 rings (SSSR count). The summed E-state index contributed by atoms with van der Waals surface area (Å²) < 4.78 is 15.2. The van der Waals surface area contributed by atoms with Gasteiger partial charge in [0.05, 0.1) is 0 Å². The molecule has 114 valence electrons. The summed E-state index contributed by atoms with van der Waals surface area (Å²) in [5.41, 5.74) is 0.633. The molecule has 5 nitrogen and oxygen atoms in total. The van der Waals surface area contributed by atoms with Crippen LogP contribution < -0.4 is 11.0 Å². The first-order valence-corrected chi connectivity index (χ1v) is 7.79. The molecule has 1 heterocycles. The first-order valence-electron chi connectivity index (χ1n) is 6.97. The predicted octanol–water partition coefficient (Wildman–Crippen LogP) is 2.38. The van der Waals surface area contributed by atoms with Crippen molar-refractivity contribution in [1.29, 1.82) is 0 Å². The smallest absolute Gasteiger partial charge is 0.313 e. The van der Waals surface area contributed by atoms with Gasteiger partial charge in [0.15, 0.2) is 5.16 Å². The molecule has 0 aliphatic heterocycles. The Labute approximate surface area is 127 Å². The number of aromatic nitrogens is 3. The Morgan fingerprint density at radius 2 is 2.19 bits per heavy atom. The van der Waals surface area contributed by atoms with Gasteiger partial charge < -0.3 is 5.32 Å². The van der Waals surface area contributed by atoms with Gasteiger partial charge in [0, 0.05) is 18.0 Å². The van der Waals surface area contributed by atoms with E-state index < -0.39 is 0 Å². The van der Waals surface area contributed by atoms with E-state index in [4.69, 9.17) is 0 Å². The summed E-state index contributed by atoms with van der Waals surface area (Å²) in [5, 5.41) is 10.2. The lowest BCUT2D eigenvalue weighted by atomic mass is 10.2. The molecule has 1 aromatic carbocycles. The Morgan fingerprint density at radius 1 is 1.38 bits per heavy atom. The Bertz CT molecular complexity index is 653. The third-order valence-electron chi connectivity index (χ3n) is 2.94. The summed E-state index contributed by atoms with van der Waals surface area (Å²) in [7, 11) is 0. The Hall–Kier alpha value is -1.60. The molecule has 7 heteroatoms. The van der Waals surface area contributed by atoms with Crippen molar-refractivity contribution in [3.63, 3.8) is 0 Å². The van der Waals surface area contributed by atoms with Crippen LogP contribution in [-0.4, -0.2) is 21.3 Å². The average Bonchev–Trinajstić information content (AvgIpc) is 2.78. The van der Waals surface area contributed by atoms with E-state index in [0.29, 0.717) is 18.2 Å². The van der Waals surface area contributed by atoms with Crippen molar-refractivity contribution in [2.75, 3.05) is 6.54 Å². The number of hydrogen-bond acceptors (Lipinski definition) is 4. The van der Waals surface area contributed by atoms with Crippen molar-refractivity contribution in [2.45, 2.75) is 43.4 Å². The molecular weight excluding hydrogens is 291 g/mol. The Balaban J connectivity index is 2.17. The zero-order valence-electron chi connectivity index (χ0n) is 12.1. The van der Waals surface area contributed by atoms with E-state index >= 15 is 0 Å². The highest BCUT2D eigenvalue weighted by molar-refractivity contribution is 7.99. The number of aromatic amines is 1. The van der Waals surface area contributed by atoms with Crippen molar-refractivity contribution in [1.82, 2.24) is 20.1 Å². The maximum atomic E-state index is 13.7. The molecule has 1 aromatic heterocycles. The first kappa shape index (κ1) is 15.8. The minimum atomic E-state index is -0.283. The second kappa shape index (κ2) is 7.42. The zero-order chi connectivity index (χ0) is 15.2. The van der Waals surface area contributed by atoms with Crippen LogP contribution >= 0.6 is 11.8 Å². The molecule has 0 bridgehead atoms. The molecule has 0 amide bonds. The summed E-state index contributed by atoms with van der Waals surface area (Å²) in [6.45, 7) is 6.00.